The summed E-state index contributed by atoms with van der Waals surface area (Å²) < 4.78 is 6.86. The lowest BCUT2D eigenvalue weighted by Crippen LogP contribution is -2.33. The second-order valence-electron chi connectivity index (χ2n) is 9.84. The minimum absolute atomic E-state index is 0.115. The Morgan fingerprint density at radius 2 is 1.00 bits per heavy atom. The lowest BCUT2D eigenvalue weighted by atomic mass is 9.80. The van der Waals surface area contributed by atoms with Crippen LogP contribution >= 0.6 is 0 Å². The Hall–Kier alpha value is -4.80. The predicted molar refractivity (Wildman–Crippen MR) is 158 cm³/mol. The van der Waals surface area contributed by atoms with Crippen LogP contribution in [0.5, 0.6) is 0 Å². The fourth-order valence-electron chi connectivity index (χ4n) is 5.58. The molecule has 1 aliphatic rings. The molecule has 0 aliphatic heterocycles. The van der Waals surface area contributed by atoms with Gasteiger partial charge in [0.2, 0.25) is 0 Å². The second kappa shape index (κ2) is 11.1. The highest BCUT2D eigenvalue weighted by atomic mass is 16.5. The van der Waals surface area contributed by atoms with E-state index in [1.165, 1.54) is 0 Å². The topological polar surface area (TPSA) is 55.4 Å². The Morgan fingerprint density at radius 1 is 0.525 bits per heavy atom. The third-order valence-electron chi connectivity index (χ3n) is 7.45. The average molecular weight is 524 g/mol. The summed E-state index contributed by atoms with van der Waals surface area (Å²) in [7, 11) is 0. The number of benzene rings is 5. The number of ether oxygens (including phenoxy) is 1. The first-order valence-corrected chi connectivity index (χ1v) is 13.6. The summed E-state index contributed by atoms with van der Waals surface area (Å²) in [5, 5.41) is 3.41. The molecule has 0 radical (unpaired) electrons. The van der Waals surface area contributed by atoms with Crippen LogP contribution in [0.15, 0.2) is 133 Å². The van der Waals surface area contributed by atoms with Crippen molar-refractivity contribution in [2.45, 2.75) is 12.0 Å². The number of hydrogen-bond donors (Lipinski definition) is 1. The molecule has 0 atom stereocenters. The van der Waals surface area contributed by atoms with Crippen LogP contribution in [0.25, 0.3) is 0 Å². The van der Waals surface area contributed by atoms with Gasteiger partial charge in [-0.2, -0.15) is 0 Å². The Balaban J connectivity index is 1.24. The summed E-state index contributed by atoms with van der Waals surface area (Å²) in [5.41, 5.74) is 4.87. The molecule has 5 aromatic rings. The highest BCUT2D eigenvalue weighted by Gasteiger charge is 2.37. The van der Waals surface area contributed by atoms with Gasteiger partial charge in [0.15, 0.2) is 11.6 Å². The van der Waals surface area contributed by atoms with Crippen molar-refractivity contribution in [1.82, 2.24) is 0 Å². The Morgan fingerprint density at radius 3 is 1.55 bits per heavy atom. The largest absolute Gasteiger partial charge is 0.384 e. The van der Waals surface area contributed by atoms with Gasteiger partial charge in [-0.1, -0.05) is 127 Å². The number of carbonyl (C=O) groups excluding carboxylic acids is 2. The van der Waals surface area contributed by atoms with E-state index in [-0.39, 0.29) is 11.6 Å². The molecule has 4 nitrogen and oxygen atoms in total. The van der Waals surface area contributed by atoms with Crippen LogP contribution in [0.1, 0.15) is 55.0 Å². The molecule has 196 valence electrons. The van der Waals surface area contributed by atoms with Gasteiger partial charge in [0.1, 0.15) is 5.60 Å². The molecular weight excluding hydrogens is 494 g/mol. The molecule has 1 N–H and O–H groups in total. The maximum atomic E-state index is 13.3. The Bertz CT molecular complexity index is 1550. The molecule has 0 saturated carbocycles. The number of hydrogen-bond acceptors (Lipinski definition) is 4. The quantitative estimate of drug-likeness (QED) is 0.160. The first kappa shape index (κ1) is 25.5. The molecule has 6 rings (SSSR count). The summed E-state index contributed by atoms with van der Waals surface area (Å²) in [6.45, 7) is 1.05. The summed E-state index contributed by atoms with van der Waals surface area (Å²) in [6.07, 6.45) is 0.691. The number of rotatable bonds is 9. The lowest BCUT2D eigenvalue weighted by Gasteiger charge is -2.36. The maximum Gasteiger partial charge on any atom is 0.196 e. The van der Waals surface area contributed by atoms with E-state index in [1.54, 1.807) is 30.3 Å². The first-order chi connectivity index (χ1) is 19.7. The highest BCUT2D eigenvalue weighted by molar-refractivity contribution is 6.30. The molecular formula is C36H29NO3. The molecule has 0 saturated heterocycles. The molecule has 0 spiro atoms. The summed E-state index contributed by atoms with van der Waals surface area (Å²) in [5.74, 6) is -0.239. The number of carbonyl (C=O) groups is 2. The molecule has 0 heterocycles. The van der Waals surface area contributed by atoms with Crippen molar-refractivity contribution in [2.24, 2.45) is 0 Å². The molecule has 4 heteroatoms. The van der Waals surface area contributed by atoms with Crippen molar-refractivity contribution < 1.29 is 14.3 Å². The fourth-order valence-corrected chi connectivity index (χ4v) is 5.58. The van der Waals surface area contributed by atoms with E-state index >= 15 is 0 Å². The van der Waals surface area contributed by atoms with E-state index in [2.05, 4.69) is 41.7 Å². The van der Waals surface area contributed by atoms with E-state index in [0.29, 0.717) is 47.5 Å². The van der Waals surface area contributed by atoms with E-state index in [0.717, 1.165) is 16.7 Å². The normalized spacial score (nSPS) is 12.5. The molecule has 0 aromatic heterocycles. The van der Waals surface area contributed by atoms with Crippen molar-refractivity contribution in [2.75, 3.05) is 18.5 Å². The van der Waals surface area contributed by atoms with Crippen molar-refractivity contribution in [1.29, 1.82) is 0 Å². The number of anilines is 1. The Kier molecular flexibility index (Phi) is 7.09. The van der Waals surface area contributed by atoms with Crippen LogP contribution in [-0.4, -0.2) is 24.7 Å². The molecule has 0 unspecified atom stereocenters. The SMILES string of the molecule is O=C1c2ccccc2C(=O)c2c(NCCCOC(c3ccccc3)(c3ccccc3)c3ccccc3)cccc21. The van der Waals surface area contributed by atoms with Gasteiger partial charge in [-0.3, -0.25) is 9.59 Å². The van der Waals surface area contributed by atoms with Gasteiger partial charge in [0.05, 0.1) is 12.2 Å². The van der Waals surface area contributed by atoms with Crippen LogP contribution in [0.2, 0.25) is 0 Å². The van der Waals surface area contributed by atoms with Gasteiger partial charge in [0.25, 0.3) is 0 Å². The monoisotopic (exact) mass is 523 g/mol. The van der Waals surface area contributed by atoms with Gasteiger partial charge in [-0.05, 0) is 29.2 Å². The zero-order valence-electron chi connectivity index (χ0n) is 22.0. The molecule has 0 amide bonds. The zero-order chi connectivity index (χ0) is 27.4. The average Bonchev–Trinajstić information content (AvgIpc) is 3.03. The van der Waals surface area contributed by atoms with Crippen molar-refractivity contribution >= 4 is 17.3 Å². The maximum absolute atomic E-state index is 13.3. The second-order valence-corrected chi connectivity index (χ2v) is 9.84. The van der Waals surface area contributed by atoms with Crippen LogP contribution < -0.4 is 5.32 Å². The third-order valence-corrected chi connectivity index (χ3v) is 7.45. The number of ketones is 2. The Labute approximate surface area is 234 Å². The summed E-state index contributed by atoms with van der Waals surface area (Å²) in [4.78, 5) is 26.4. The van der Waals surface area contributed by atoms with E-state index in [1.807, 2.05) is 66.7 Å². The van der Waals surface area contributed by atoms with Gasteiger partial charge >= 0.3 is 0 Å². The van der Waals surface area contributed by atoms with Crippen LogP contribution in [0.4, 0.5) is 5.69 Å². The molecule has 5 aromatic carbocycles. The summed E-state index contributed by atoms with van der Waals surface area (Å²) >= 11 is 0. The lowest BCUT2D eigenvalue weighted by molar-refractivity contribution is 0.0128. The van der Waals surface area contributed by atoms with Gasteiger partial charge in [-0.25, -0.2) is 0 Å². The molecule has 40 heavy (non-hydrogen) atoms. The highest BCUT2D eigenvalue weighted by Crippen LogP contribution is 2.40. The van der Waals surface area contributed by atoms with Gasteiger partial charge in [-0.15, -0.1) is 0 Å². The molecule has 1 aliphatic carbocycles. The van der Waals surface area contributed by atoms with Gasteiger partial charge in [0, 0.05) is 28.9 Å². The number of fused-ring (bicyclic) bond motifs is 2. The predicted octanol–water partition coefficient (Wildman–Crippen LogP) is 7.27. The van der Waals surface area contributed by atoms with Crippen molar-refractivity contribution in [3.8, 4) is 0 Å². The minimum Gasteiger partial charge on any atom is -0.384 e. The molecule has 0 bridgehead atoms. The van der Waals surface area contributed by atoms with E-state index < -0.39 is 5.60 Å². The smallest absolute Gasteiger partial charge is 0.196 e. The van der Waals surface area contributed by atoms with Crippen LogP contribution in [-0.2, 0) is 10.3 Å². The number of nitrogens with one attached hydrogen (secondary N) is 1. The minimum atomic E-state index is -0.776. The van der Waals surface area contributed by atoms with Crippen molar-refractivity contribution in [3.63, 3.8) is 0 Å². The van der Waals surface area contributed by atoms with Crippen LogP contribution in [0, 0.1) is 0 Å². The van der Waals surface area contributed by atoms with Crippen molar-refractivity contribution in [3.05, 3.63) is 172 Å². The third kappa shape index (κ3) is 4.53. The molecule has 0 fully saturated rings. The van der Waals surface area contributed by atoms with Crippen LogP contribution in [0.3, 0.4) is 0 Å². The zero-order valence-corrected chi connectivity index (χ0v) is 22.0. The van der Waals surface area contributed by atoms with Gasteiger partial charge < -0.3 is 10.1 Å². The first-order valence-electron chi connectivity index (χ1n) is 13.6. The van der Waals surface area contributed by atoms with E-state index in [9.17, 15) is 9.59 Å². The fraction of sp³-hybridized carbons (Fsp3) is 0.111. The summed E-state index contributed by atoms with van der Waals surface area (Å²) in [6, 6.07) is 43.3. The standard InChI is InChI=1S/C36H29NO3/c38-34-29-20-10-11-21-30(29)35(39)33-31(34)22-12-23-32(33)37-24-13-25-40-36(26-14-4-1-5-15-26,27-16-6-2-7-17-27)28-18-8-3-9-19-28/h1-12,14-23,37H,13,24-25H2. The van der Waals surface area contributed by atoms with E-state index in [4.69, 9.17) is 4.74 Å².